The molecule has 0 aliphatic carbocycles. The Morgan fingerprint density at radius 3 is 2.25 bits per heavy atom. The molecule has 0 radical (unpaired) electrons. The van der Waals surface area contributed by atoms with Crippen LogP contribution >= 0.6 is 12.6 Å². The first-order valence-corrected chi connectivity index (χ1v) is 7.17. The molecule has 0 bridgehead atoms. The Kier molecular flexibility index (Phi) is 6.35. The van der Waals surface area contributed by atoms with Gasteiger partial charge in [-0.1, -0.05) is 13.8 Å². The quantitative estimate of drug-likeness (QED) is 0.664. The zero-order valence-corrected chi connectivity index (χ0v) is 11.8. The van der Waals surface area contributed by atoms with Gasteiger partial charge in [-0.3, -0.25) is 4.79 Å². The topological polar surface area (TPSA) is 66.5 Å². The number of rotatable bonds is 6. The Hall–Kier alpha value is -0.270. The van der Waals surface area contributed by atoms with Crippen LogP contribution in [0.2, 0.25) is 0 Å². The Bertz CT molecular complexity index is 326. The van der Waals surface area contributed by atoms with Gasteiger partial charge >= 0.3 is 0 Å². The van der Waals surface area contributed by atoms with Crippen molar-refractivity contribution in [3.05, 3.63) is 0 Å². The number of amides is 1. The Morgan fingerprint density at radius 1 is 1.38 bits per heavy atom. The van der Waals surface area contributed by atoms with E-state index in [-0.39, 0.29) is 24.1 Å². The summed E-state index contributed by atoms with van der Waals surface area (Å²) in [5.41, 5.74) is 0. The molecule has 0 aromatic rings. The molecule has 0 aromatic carbocycles. The number of nitrogens with zero attached hydrogens (tertiary/aromatic N) is 1. The number of hydrogen-bond acceptors (Lipinski definition) is 4. The van der Waals surface area contributed by atoms with E-state index in [1.165, 1.54) is 14.1 Å². The first kappa shape index (κ1) is 15.7. The minimum absolute atomic E-state index is 0.0929. The molecule has 0 saturated heterocycles. The number of sulfonamides is 1. The SMILES string of the molecule is CC(C)C(S)C(=O)NCCS(=O)(=O)N(C)C. The zero-order valence-electron chi connectivity index (χ0n) is 10.1. The van der Waals surface area contributed by atoms with E-state index >= 15 is 0 Å². The van der Waals surface area contributed by atoms with Gasteiger partial charge in [0.15, 0.2) is 0 Å². The molecule has 1 amide bonds. The van der Waals surface area contributed by atoms with E-state index in [4.69, 9.17) is 0 Å². The summed E-state index contributed by atoms with van der Waals surface area (Å²) in [6.07, 6.45) is 0. The van der Waals surface area contributed by atoms with E-state index in [1.807, 2.05) is 13.8 Å². The van der Waals surface area contributed by atoms with E-state index in [9.17, 15) is 13.2 Å². The number of thiol groups is 1. The highest BCUT2D eigenvalue weighted by Crippen LogP contribution is 2.08. The third-order valence-electron chi connectivity index (χ3n) is 2.12. The normalized spacial score (nSPS) is 14.2. The van der Waals surface area contributed by atoms with Gasteiger partial charge in [-0.05, 0) is 5.92 Å². The van der Waals surface area contributed by atoms with Crippen molar-refractivity contribution in [1.82, 2.24) is 9.62 Å². The minimum atomic E-state index is -3.25. The fourth-order valence-electron chi connectivity index (χ4n) is 0.893. The fourth-order valence-corrected chi connectivity index (χ4v) is 1.71. The van der Waals surface area contributed by atoms with Crippen LogP contribution in [0.25, 0.3) is 0 Å². The molecule has 0 fully saturated rings. The number of carbonyl (C=O) groups is 1. The highest BCUT2D eigenvalue weighted by Gasteiger charge is 2.18. The fraction of sp³-hybridized carbons (Fsp3) is 0.889. The summed E-state index contributed by atoms with van der Waals surface area (Å²) in [4.78, 5) is 11.4. The largest absolute Gasteiger partial charge is 0.354 e. The van der Waals surface area contributed by atoms with E-state index in [0.29, 0.717) is 0 Å². The monoisotopic (exact) mass is 268 g/mol. The molecule has 0 spiro atoms. The van der Waals surface area contributed by atoms with Crippen LogP contribution in [0.15, 0.2) is 0 Å². The van der Waals surface area contributed by atoms with Gasteiger partial charge in [0.05, 0.1) is 11.0 Å². The molecule has 5 nitrogen and oxygen atoms in total. The molecule has 0 rings (SSSR count). The molecule has 1 N–H and O–H groups in total. The maximum Gasteiger partial charge on any atom is 0.233 e. The van der Waals surface area contributed by atoms with E-state index in [0.717, 1.165) is 4.31 Å². The van der Waals surface area contributed by atoms with Gasteiger partial charge in [0.1, 0.15) is 0 Å². The van der Waals surface area contributed by atoms with E-state index < -0.39 is 15.3 Å². The molecule has 1 atom stereocenters. The third-order valence-corrected chi connectivity index (χ3v) is 4.78. The smallest absolute Gasteiger partial charge is 0.233 e. The maximum atomic E-state index is 11.4. The molecule has 0 aromatic heterocycles. The van der Waals surface area contributed by atoms with Crippen LogP contribution in [-0.2, 0) is 14.8 Å². The lowest BCUT2D eigenvalue weighted by Crippen LogP contribution is -2.38. The molecule has 0 aliphatic rings. The van der Waals surface area contributed by atoms with Gasteiger partial charge in [0.25, 0.3) is 0 Å². The lowest BCUT2D eigenvalue weighted by atomic mass is 10.1. The van der Waals surface area contributed by atoms with Crippen molar-refractivity contribution < 1.29 is 13.2 Å². The van der Waals surface area contributed by atoms with Gasteiger partial charge < -0.3 is 5.32 Å². The summed E-state index contributed by atoms with van der Waals surface area (Å²) in [5.74, 6) is -0.203. The van der Waals surface area contributed by atoms with Crippen molar-refractivity contribution in [2.45, 2.75) is 19.1 Å². The number of nitrogens with one attached hydrogen (secondary N) is 1. The van der Waals surface area contributed by atoms with Crippen molar-refractivity contribution in [3.63, 3.8) is 0 Å². The van der Waals surface area contributed by atoms with Gasteiger partial charge in [-0.15, -0.1) is 0 Å². The van der Waals surface area contributed by atoms with E-state index in [2.05, 4.69) is 17.9 Å². The molecular formula is C9H20N2O3S2. The van der Waals surface area contributed by atoms with Crippen LogP contribution in [-0.4, -0.2) is 50.3 Å². The second-order valence-electron chi connectivity index (χ2n) is 4.08. The molecule has 0 aliphatic heterocycles. The summed E-state index contributed by atoms with van der Waals surface area (Å²) in [5, 5.41) is 2.15. The second-order valence-corrected chi connectivity index (χ2v) is 6.94. The summed E-state index contributed by atoms with van der Waals surface area (Å²) >= 11 is 4.13. The highest BCUT2D eigenvalue weighted by molar-refractivity contribution is 7.89. The molecule has 0 heterocycles. The van der Waals surface area contributed by atoms with Crippen LogP contribution < -0.4 is 5.32 Å². The van der Waals surface area contributed by atoms with E-state index in [1.54, 1.807) is 0 Å². The maximum absolute atomic E-state index is 11.4. The van der Waals surface area contributed by atoms with Gasteiger partial charge in [-0.25, -0.2) is 12.7 Å². The van der Waals surface area contributed by atoms with Crippen molar-refractivity contribution in [2.75, 3.05) is 26.4 Å². The molecule has 1 unspecified atom stereocenters. The first-order valence-electron chi connectivity index (χ1n) is 5.04. The van der Waals surface area contributed by atoms with Crippen LogP contribution in [0.4, 0.5) is 0 Å². The molecular weight excluding hydrogens is 248 g/mol. The molecule has 96 valence electrons. The molecule has 7 heteroatoms. The third kappa shape index (κ3) is 5.18. The predicted octanol–water partition coefficient (Wildman–Crippen LogP) is -0.0516. The Balaban J connectivity index is 4.06. The minimum Gasteiger partial charge on any atom is -0.354 e. The van der Waals surface area contributed by atoms with Crippen LogP contribution in [0.5, 0.6) is 0 Å². The molecule has 0 saturated carbocycles. The van der Waals surface area contributed by atoms with Gasteiger partial charge in [-0.2, -0.15) is 12.6 Å². The summed E-state index contributed by atoms with van der Waals surface area (Å²) in [6, 6.07) is 0. The van der Waals surface area contributed by atoms with Crippen molar-refractivity contribution >= 4 is 28.6 Å². The second kappa shape index (κ2) is 6.46. The number of hydrogen-bond donors (Lipinski definition) is 2. The lowest BCUT2D eigenvalue weighted by molar-refractivity contribution is -0.121. The lowest BCUT2D eigenvalue weighted by Gasteiger charge is -2.15. The van der Waals surface area contributed by atoms with Crippen LogP contribution in [0.3, 0.4) is 0 Å². The van der Waals surface area contributed by atoms with Crippen molar-refractivity contribution in [2.24, 2.45) is 5.92 Å². The standard InChI is InChI=1S/C9H20N2O3S2/c1-7(2)8(15)9(12)10-5-6-16(13,14)11(3)4/h7-8,15H,5-6H2,1-4H3,(H,10,12). The van der Waals surface area contributed by atoms with Crippen LogP contribution in [0, 0.1) is 5.92 Å². The average Bonchev–Trinajstić information content (AvgIpc) is 2.15. The summed E-state index contributed by atoms with van der Waals surface area (Å²) < 4.78 is 23.9. The first-order chi connectivity index (χ1) is 7.18. The summed E-state index contributed by atoms with van der Waals surface area (Å²) in [7, 11) is -0.316. The Morgan fingerprint density at radius 2 is 1.88 bits per heavy atom. The van der Waals surface area contributed by atoms with Crippen molar-refractivity contribution in [3.8, 4) is 0 Å². The van der Waals surface area contributed by atoms with Crippen LogP contribution in [0.1, 0.15) is 13.8 Å². The van der Waals surface area contributed by atoms with Gasteiger partial charge in [0, 0.05) is 20.6 Å². The zero-order chi connectivity index (χ0) is 12.9. The predicted molar refractivity (Wildman–Crippen MR) is 68.1 cm³/mol. The average molecular weight is 268 g/mol. The highest BCUT2D eigenvalue weighted by atomic mass is 32.2. The number of carbonyl (C=O) groups excluding carboxylic acids is 1. The summed E-state index contributed by atoms with van der Waals surface area (Å²) in [6.45, 7) is 3.88. The Labute approximate surface area is 103 Å². The van der Waals surface area contributed by atoms with Crippen molar-refractivity contribution in [1.29, 1.82) is 0 Å². The van der Waals surface area contributed by atoms with Gasteiger partial charge in [0.2, 0.25) is 15.9 Å². The molecule has 16 heavy (non-hydrogen) atoms.